The molecule has 5 atom stereocenters. The summed E-state index contributed by atoms with van der Waals surface area (Å²) in [5.74, 6) is -0.506. The van der Waals surface area contributed by atoms with Gasteiger partial charge in [0, 0.05) is 17.8 Å². The first kappa shape index (κ1) is 25.4. The lowest BCUT2D eigenvalue weighted by atomic mass is 10.1. The number of alkyl halides is 3. The van der Waals surface area contributed by atoms with Gasteiger partial charge in [-0.25, -0.2) is 23.5 Å². The zero-order valence-corrected chi connectivity index (χ0v) is 18.1. The molecule has 19 heteroatoms. The van der Waals surface area contributed by atoms with Crippen LogP contribution in [0.5, 0.6) is 0 Å². The van der Waals surface area contributed by atoms with Gasteiger partial charge in [0.2, 0.25) is 0 Å². The molecular weight excluding hydrogens is 506 g/mol. The standard InChI is InChI=1S/C13H17F3N5O8PS2/c14-13(15,16)1-2-31-12-19-8(17)4-9(20-12)21(3-18-4)10-6(23)5(22)7(28-10)11(24)32-29-30(25,26)27/h3,5-7,10-11,22-24H,1-2H2,(H2,17,19,20)(H2,25,26,27)/t5-,6+,7-,10+,11?/m0/s1. The van der Waals surface area contributed by atoms with Crippen molar-refractivity contribution < 1.29 is 51.5 Å². The molecule has 0 saturated carbocycles. The van der Waals surface area contributed by atoms with E-state index in [9.17, 15) is 33.1 Å². The van der Waals surface area contributed by atoms with E-state index in [0.717, 1.165) is 10.9 Å². The zero-order chi connectivity index (χ0) is 23.8. The molecule has 0 spiro atoms. The summed E-state index contributed by atoms with van der Waals surface area (Å²) in [6, 6.07) is 0. The van der Waals surface area contributed by atoms with E-state index < -0.39 is 50.4 Å². The number of ether oxygens (including phenoxy) is 1. The molecule has 0 bridgehead atoms. The summed E-state index contributed by atoms with van der Waals surface area (Å²) >= 11 is 0.633. The van der Waals surface area contributed by atoms with Crippen LogP contribution in [0.2, 0.25) is 0 Å². The number of hydrogen-bond donors (Lipinski definition) is 6. The SMILES string of the molecule is Nc1nc(SCCC(F)(F)F)nc2c1ncn2[C@@H]1O[C@H](C(O)SOP(=O)(O)O)[C@@H](O)[C@H]1O. The number of rotatable bonds is 8. The molecule has 32 heavy (non-hydrogen) atoms. The molecular formula is C13H17F3N5O8PS2. The first-order chi connectivity index (χ1) is 14.8. The highest BCUT2D eigenvalue weighted by atomic mass is 32.2. The van der Waals surface area contributed by atoms with Crippen molar-refractivity contribution in [3.8, 4) is 0 Å². The summed E-state index contributed by atoms with van der Waals surface area (Å²) in [6.45, 7) is 0. The fourth-order valence-electron chi connectivity index (χ4n) is 2.73. The van der Waals surface area contributed by atoms with Gasteiger partial charge in [-0.05, 0) is 0 Å². The number of anilines is 1. The highest BCUT2D eigenvalue weighted by Crippen LogP contribution is 2.44. The predicted octanol–water partition coefficient (Wildman–Crippen LogP) is 0.148. The van der Waals surface area contributed by atoms with Gasteiger partial charge in [0.05, 0.1) is 12.7 Å². The summed E-state index contributed by atoms with van der Waals surface area (Å²) in [5.41, 5.74) is 4.03. The van der Waals surface area contributed by atoms with Crippen LogP contribution in [0.15, 0.2) is 11.5 Å². The van der Waals surface area contributed by atoms with Crippen molar-refractivity contribution in [3.63, 3.8) is 0 Å². The minimum absolute atomic E-state index is 0.0162. The van der Waals surface area contributed by atoms with Crippen LogP contribution < -0.4 is 5.73 Å². The lowest BCUT2D eigenvalue weighted by Crippen LogP contribution is -2.37. The Morgan fingerprint density at radius 2 is 2.00 bits per heavy atom. The van der Waals surface area contributed by atoms with E-state index in [1.54, 1.807) is 0 Å². The summed E-state index contributed by atoms with van der Waals surface area (Å²) in [5, 5.41) is 30.5. The molecule has 13 nitrogen and oxygen atoms in total. The van der Waals surface area contributed by atoms with Gasteiger partial charge in [-0.2, -0.15) is 13.2 Å². The molecule has 2 aromatic rings. The average molecular weight is 523 g/mol. The lowest BCUT2D eigenvalue weighted by Gasteiger charge is -2.19. The van der Waals surface area contributed by atoms with Crippen LogP contribution in [0.25, 0.3) is 11.2 Å². The molecule has 0 radical (unpaired) electrons. The summed E-state index contributed by atoms with van der Waals surface area (Å²) in [4.78, 5) is 29.4. The first-order valence-electron chi connectivity index (χ1n) is 8.57. The fourth-order valence-corrected chi connectivity index (χ4v) is 4.70. The van der Waals surface area contributed by atoms with Gasteiger partial charge >= 0.3 is 14.0 Å². The number of aliphatic hydroxyl groups excluding tert-OH is 3. The van der Waals surface area contributed by atoms with Crippen molar-refractivity contribution in [2.24, 2.45) is 0 Å². The van der Waals surface area contributed by atoms with Gasteiger partial charge in [-0.15, -0.1) is 0 Å². The Morgan fingerprint density at radius 1 is 1.31 bits per heavy atom. The van der Waals surface area contributed by atoms with Crippen molar-refractivity contribution in [3.05, 3.63) is 6.33 Å². The molecule has 1 aliphatic rings. The van der Waals surface area contributed by atoms with Crippen LogP contribution in [-0.2, 0) is 13.3 Å². The number of nitrogen functional groups attached to an aromatic ring is 1. The Morgan fingerprint density at radius 3 is 2.62 bits per heavy atom. The monoisotopic (exact) mass is 523 g/mol. The summed E-state index contributed by atoms with van der Waals surface area (Å²) in [6.07, 6.45) is -10.6. The minimum Gasteiger partial charge on any atom is -0.387 e. The van der Waals surface area contributed by atoms with E-state index >= 15 is 0 Å². The third-order valence-electron chi connectivity index (χ3n) is 4.11. The normalized spacial score (nSPS) is 25.5. The molecule has 0 amide bonds. The highest BCUT2D eigenvalue weighted by Gasteiger charge is 2.48. The molecule has 1 saturated heterocycles. The maximum Gasteiger partial charge on any atom is 0.480 e. The Hall–Kier alpha value is -1.21. The number of aliphatic hydroxyl groups is 3. The summed E-state index contributed by atoms with van der Waals surface area (Å²) in [7, 11) is -4.94. The molecule has 1 aliphatic heterocycles. The number of thioether (sulfide) groups is 1. The predicted molar refractivity (Wildman–Crippen MR) is 104 cm³/mol. The molecule has 2 aromatic heterocycles. The Bertz CT molecular complexity index is 1010. The van der Waals surface area contributed by atoms with Crippen molar-refractivity contribution in [2.75, 3.05) is 11.5 Å². The Kier molecular flexibility index (Phi) is 7.60. The first-order valence-corrected chi connectivity index (χ1v) is 11.9. The smallest absolute Gasteiger partial charge is 0.387 e. The van der Waals surface area contributed by atoms with E-state index in [1.807, 2.05) is 0 Å². The van der Waals surface area contributed by atoms with Crippen LogP contribution in [0, 0.1) is 0 Å². The van der Waals surface area contributed by atoms with Crippen LogP contribution in [0.4, 0.5) is 19.0 Å². The average Bonchev–Trinajstić information content (AvgIpc) is 3.20. The summed E-state index contributed by atoms with van der Waals surface area (Å²) < 4.78 is 58.6. The maximum absolute atomic E-state index is 12.4. The number of halogens is 3. The number of nitrogens with zero attached hydrogens (tertiary/aromatic N) is 4. The molecule has 0 aromatic carbocycles. The van der Waals surface area contributed by atoms with Gasteiger partial charge < -0.3 is 35.6 Å². The highest BCUT2D eigenvalue weighted by molar-refractivity contribution is 7.99. The number of imidazole rings is 1. The number of hydrogen-bond acceptors (Lipinski definition) is 12. The number of fused-ring (bicyclic) bond motifs is 1. The third-order valence-corrected chi connectivity index (χ3v) is 6.55. The van der Waals surface area contributed by atoms with Crippen molar-refractivity contribution in [1.29, 1.82) is 0 Å². The number of nitrogens with two attached hydrogens (primary N) is 1. The van der Waals surface area contributed by atoms with Crippen LogP contribution in [-0.4, -0.2) is 80.3 Å². The Balaban J connectivity index is 1.81. The second-order valence-electron chi connectivity index (χ2n) is 6.45. The van der Waals surface area contributed by atoms with E-state index in [2.05, 4.69) is 18.9 Å². The number of aromatic nitrogens is 4. The van der Waals surface area contributed by atoms with E-state index in [0.29, 0.717) is 11.8 Å². The fraction of sp³-hybridized carbons (Fsp3) is 0.615. The number of phosphoric acid groups is 1. The van der Waals surface area contributed by atoms with Gasteiger partial charge in [0.1, 0.15) is 23.8 Å². The molecule has 3 heterocycles. The van der Waals surface area contributed by atoms with Crippen molar-refractivity contribution in [1.82, 2.24) is 19.5 Å². The van der Waals surface area contributed by atoms with E-state index in [-0.39, 0.29) is 39.9 Å². The third kappa shape index (κ3) is 6.02. The van der Waals surface area contributed by atoms with Crippen LogP contribution in [0.1, 0.15) is 12.6 Å². The molecule has 0 aliphatic carbocycles. The van der Waals surface area contributed by atoms with Crippen LogP contribution in [0.3, 0.4) is 0 Å². The molecule has 1 fully saturated rings. The molecule has 7 N–H and O–H groups in total. The molecule has 3 rings (SSSR count). The second kappa shape index (κ2) is 9.57. The largest absolute Gasteiger partial charge is 0.480 e. The minimum atomic E-state index is -4.94. The van der Waals surface area contributed by atoms with Gasteiger partial charge in [0.15, 0.2) is 28.3 Å². The zero-order valence-electron chi connectivity index (χ0n) is 15.6. The van der Waals surface area contributed by atoms with Crippen LogP contribution >= 0.6 is 31.6 Å². The molecule has 1 unspecified atom stereocenters. The molecule has 180 valence electrons. The Labute approximate surface area is 185 Å². The van der Waals surface area contributed by atoms with Gasteiger partial charge in [-0.1, -0.05) is 11.8 Å². The topological polar surface area (TPSA) is 206 Å². The second-order valence-corrected chi connectivity index (χ2v) is 9.77. The van der Waals surface area contributed by atoms with E-state index in [4.69, 9.17) is 20.3 Å². The van der Waals surface area contributed by atoms with Gasteiger partial charge in [0.25, 0.3) is 0 Å². The maximum atomic E-state index is 12.4. The van der Waals surface area contributed by atoms with Crippen molar-refractivity contribution >= 4 is 48.6 Å². The lowest BCUT2D eigenvalue weighted by molar-refractivity contribution is -0.129. The van der Waals surface area contributed by atoms with Crippen molar-refractivity contribution in [2.45, 2.75) is 47.7 Å². The quantitative estimate of drug-likeness (QED) is 0.0896. The van der Waals surface area contributed by atoms with Gasteiger partial charge in [-0.3, -0.25) is 4.57 Å². The van der Waals surface area contributed by atoms with E-state index in [1.165, 1.54) is 0 Å².